The van der Waals surface area contributed by atoms with Crippen LogP contribution in [0.3, 0.4) is 0 Å². The average molecular weight is 577 g/mol. The van der Waals surface area contributed by atoms with Gasteiger partial charge in [-0.25, -0.2) is 13.9 Å². The van der Waals surface area contributed by atoms with E-state index < -0.39 is 11.9 Å². The maximum atomic E-state index is 14.0. The standard InChI is InChI=1S/C30H37FN8O3/c1-20(40)17-38-14-12-27(33-30(42)32-25-7-3-6-23(16-25)28-34-35-36-37(28)2)26(19-38)29(41)39-13-4-5-22(18-39)15-21-8-10-24(31)11-9-21/h3,6-11,16,22,26-27H,4-5,12-15,17-19H2,1-2H3,(H2,32,33,42)/t22-,26+,27+/m0/s1. The molecule has 2 saturated heterocycles. The summed E-state index contributed by atoms with van der Waals surface area (Å²) in [5.74, 6) is 0.141. The van der Waals surface area contributed by atoms with E-state index in [4.69, 9.17) is 0 Å². The second kappa shape index (κ2) is 13.2. The number of tetrazole rings is 1. The fourth-order valence-corrected chi connectivity index (χ4v) is 6.07. The van der Waals surface area contributed by atoms with Crippen LogP contribution >= 0.6 is 0 Å². The Hall–Kier alpha value is -4.19. The molecule has 1 aromatic heterocycles. The van der Waals surface area contributed by atoms with Crippen LogP contribution in [-0.2, 0) is 23.1 Å². The topological polar surface area (TPSA) is 125 Å². The molecule has 3 heterocycles. The minimum absolute atomic E-state index is 0.00543. The number of aromatic nitrogens is 4. The van der Waals surface area contributed by atoms with Gasteiger partial charge in [0.05, 0.1) is 12.5 Å². The van der Waals surface area contributed by atoms with Crippen LogP contribution in [0.5, 0.6) is 0 Å². The highest BCUT2D eigenvalue weighted by Gasteiger charge is 2.39. The molecular weight excluding hydrogens is 539 g/mol. The molecule has 2 aromatic carbocycles. The molecule has 0 saturated carbocycles. The first-order chi connectivity index (χ1) is 20.2. The van der Waals surface area contributed by atoms with Gasteiger partial charge >= 0.3 is 6.03 Å². The number of likely N-dealkylation sites (tertiary alicyclic amines) is 2. The lowest BCUT2D eigenvalue weighted by Gasteiger charge is -2.41. The molecule has 5 rings (SSSR count). The van der Waals surface area contributed by atoms with Gasteiger partial charge in [-0.05, 0) is 78.8 Å². The predicted molar refractivity (Wildman–Crippen MR) is 155 cm³/mol. The molecule has 2 N–H and O–H groups in total. The molecule has 0 bridgehead atoms. The van der Waals surface area contributed by atoms with Crippen molar-refractivity contribution in [3.05, 3.63) is 59.9 Å². The van der Waals surface area contributed by atoms with Crippen molar-refractivity contribution in [3.8, 4) is 11.4 Å². The van der Waals surface area contributed by atoms with Crippen molar-refractivity contribution < 1.29 is 18.8 Å². The molecule has 2 aliphatic heterocycles. The first-order valence-electron chi connectivity index (χ1n) is 14.4. The van der Waals surface area contributed by atoms with E-state index in [1.54, 1.807) is 42.9 Å². The van der Waals surface area contributed by atoms with E-state index in [1.807, 2.05) is 21.9 Å². The van der Waals surface area contributed by atoms with E-state index in [-0.39, 0.29) is 36.0 Å². The molecule has 11 nitrogen and oxygen atoms in total. The second-order valence-electron chi connectivity index (χ2n) is 11.4. The van der Waals surface area contributed by atoms with E-state index in [1.165, 1.54) is 12.1 Å². The summed E-state index contributed by atoms with van der Waals surface area (Å²) in [6, 6.07) is 13.0. The third-order valence-corrected chi connectivity index (χ3v) is 8.04. The number of Topliss-reactive ketones (excluding diaryl/α,β-unsaturated/α-hetero) is 1. The maximum Gasteiger partial charge on any atom is 0.319 e. The molecule has 0 spiro atoms. The number of carbonyl (C=O) groups is 3. The fourth-order valence-electron chi connectivity index (χ4n) is 6.07. The molecule has 3 atom stereocenters. The Kier molecular flexibility index (Phi) is 9.21. The zero-order valence-electron chi connectivity index (χ0n) is 24.0. The number of hydrogen-bond donors (Lipinski definition) is 2. The molecule has 42 heavy (non-hydrogen) atoms. The number of halogens is 1. The van der Waals surface area contributed by atoms with Gasteiger partial charge in [-0.1, -0.05) is 24.3 Å². The number of carbonyl (C=O) groups excluding carboxylic acids is 3. The van der Waals surface area contributed by atoms with Gasteiger partial charge in [0.25, 0.3) is 0 Å². The smallest absolute Gasteiger partial charge is 0.319 e. The SMILES string of the molecule is CC(=O)CN1CC[C@@H](NC(=O)Nc2cccc(-c3nnnn3C)c2)[C@H](C(=O)N2CCC[C@@H](Cc3ccc(F)cc3)C2)C1. The Morgan fingerprint density at radius 2 is 1.86 bits per heavy atom. The molecule has 3 aromatic rings. The summed E-state index contributed by atoms with van der Waals surface area (Å²) in [5.41, 5.74) is 2.38. The number of nitrogens with one attached hydrogen (secondary N) is 2. The maximum absolute atomic E-state index is 14.0. The Morgan fingerprint density at radius 3 is 2.60 bits per heavy atom. The summed E-state index contributed by atoms with van der Waals surface area (Å²) >= 11 is 0. The molecule has 0 aliphatic carbocycles. The monoisotopic (exact) mass is 576 g/mol. The Labute approximate surface area is 244 Å². The highest BCUT2D eigenvalue weighted by molar-refractivity contribution is 5.91. The van der Waals surface area contributed by atoms with Crippen molar-refractivity contribution in [1.29, 1.82) is 0 Å². The van der Waals surface area contributed by atoms with Crippen LogP contribution in [0.1, 0.15) is 31.7 Å². The van der Waals surface area contributed by atoms with Crippen molar-refractivity contribution in [2.24, 2.45) is 18.9 Å². The highest BCUT2D eigenvalue weighted by atomic mass is 19.1. The molecule has 222 valence electrons. The zero-order chi connectivity index (χ0) is 29.6. The van der Waals surface area contributed by atoms with Crippen molar-refractivity contribution in [2.75, 3.05) is 38.0 Å². The minimum Gasteiger partial charge on any atom is -0.342 e. The van der Waals surface area contributed by atoms with Crippen LogP contribution < -0.4 is 10.6 Å². The average Bonchev–Trinajstić information content (AvgIpc) is 3.40. The van der Waals surface area contributed by atoms with Crippen LogP contribution in [0.25, 0.3) is 11.4 Å². The van der Waals surface area contributed by atoms with Gasteiger partial charge < -0.3 is 15.5 Å². The number of aryl methyl sites for hydroxylation is 1. The summed E-state index contributed by atoms with van der Waals surface area (Å²) in [6.07, 6.45) is 3.21. The number of piperidine rings is 2. The normalized spacial score (nSPS) is 21.1. The van der Waals surface area contributed by atoms with Crippen LogP contribution in [0, 0.1) is 17.7 Å². The van der Waals surface area contributed by atoms with Crippen molar-refractivity contribution in [2.45, 2.75) is 38.6 Å². The van der Waals surface area contributed by atoms with Crippen LogP contribution in [0.15, 0.2) is 48.5 Å². The number of nitrogens with zero attached hydrogens (tertiary/aromatic N) is 6. The number of ketones is 1. The number of hydrogen-bond acceptors (Lipinski definition) is 7. The fraction of sp³-hybridized carbons (Fsp3) is 0.467. The Balaban J connectivity index is 1.26. The molecule has 0 unspecified atom stereocenters. The largest absolute Gasteiger partial charge is 0.342 e. The van der Waals surface area contributed by atoms with Gasteiger partial charge in [0, 0.05) is 50.5 Å². The van der Waals surface area contributed by atoms with Crippen molar-refractivity contribution >= 4 is 23.4 Å². The molecule has 3 amide bonds. The van der Waals surface area contributed by atoms with Gasteiger partial charge in [-0.15, -0.1) is 5.10 Å². The zero-order valence-corrected chi connectivity index (χ0v) is 24.0. The lowest BCUT2D eigenvalue weighted by Crippen LogP contribution is -2.58. The molecule has 12 heteroatoms. The van der Waals surface area contributed by atoms with Gasteiger partial charge in [0.1, 0.15) is 11.6 Å². The van der Waals surface area contributed by atoms with E-state index in [9.17, 15) is 18.8 Å². The van der Waals surface area contributed by atoms with E-state index in [2.05, 4.69) is 26.2 Å². The predicted octanol–water partition coefficient (Wildman–Crippen LogP) is 2.90. The third-order valence-electron chi connectivity index (χ3n) is 8.04. The van der Waals surface area contributed by atoms with Crippen LogP contribution in [0.4, 0.5) is 14.9 Å². The number of urea groups is 1. The van der Waals surface area contributed by atoms with Gasteiger partial charge in [0.15, 0.2) is 5.82 Å². The summed E-state index contributed by atoms with van der Waals surface area (Å²) in [6.45, 7) is 4.10. The molecule has 2 aliphatic rings. The summed E-state index contributed by atoms with van der Waals surface area (Å²) in [4.78, 5) is 42.9. The minimum atomic E-state index is -0.482. The lowest BCUT2D eigenvalue weighted by molar-refractivity contribution is -0.140. The first kappa shape index (κ1) is 29.3. The van der Waals surface area contributed by atoms with E-state index in [0.717, 1.165) is 30.4 Å². The number of amides is 3. The van der Waals surface area contributed by atoms with Crippen LogP contribution in [0.2, 0.25) is 0 Å². The quantitative estimate of drug-likeness (QED) is 0.423. The Morgan fingerprint density at radius 1 is 1.05 bits per heavy atom. The molecular formula is C30H37FN8O3. The Bertz CT molecular complexity index is 1410. The van der Waals surface area contributed by atoms with Gasteiger partial charge in [-0.3, -0.25) is 14.5 Å². The summed E-state index contributed by atoms with van der Waals surface area (Å²) < 4.78 is 14.9. The number of rotatable bonds is 8. The second-order valence-corrected chi connectivity index (χ2v) is 11.4. The first-order valence-corrected chi connectivity index (χ1v) is 14.4. The van der Waals surface area contributed by atoms with Crippen molar-refractivity contribution in [1.82, 2.24) is 35.3 Å². The summed E-state index contributed by atoms with van der Waals surface area (Å²) in [7, 11) is 1.74. The van der Waals surface area contributed by atoms with E-state index in [0.29, 0.717) is 44.1 Å². The number of anilines is 1. The van der Waals surface area contributed by atoms with Gasteiger partial charge in [0.2, 0.25) is 5.91 Å². The molecule has 0 radical (unpaired) electrons. The van der Waals surface area contributed by atoms with Crippen LogP contribution in [-0.4, -0.2) is 86.5 Å². The summed E-state index contributed by atoms with van der Waals surface area (Å²) in [5, 5.41) is 17.5. The van der Waals surface area contributed by atoms with Crippen molar-refractivity contribution in [3.63, 3.8) is 0 Å². The third kappa shape index (κ3) is 7.35. The van der Waals surface area contributed by atoms with E-state index >= 15 is 0 Å². The number of benzene rings is 2. The highest BCUT2D eigenvalue weighted by Crippen LogP contribution is 2.26. The lowest BCUT2D eigenvalue weighted by atomic mass is 9.87. The molecule has 2 fully saturated rings. The van der Waals surface area contributed by atoms with Gasteiger partial charge in [-0.2, -0.15) is 0 Å².